The van der Waals surface area contributed by atoms with Crippen molar-refractivity contribution in [2.24, 2.45) is 0 Å². The van der Waals surface area contributed by atoms with Crippen LogP contribution in [0.3, 0.4) is 0 Å². The molecule has 1 N–H and O–H groups in total. The molecule has 0 aromatic heterocycles. The van der Waals surface area contributed by atoms with Crippen LogP contribution in [0.2, 0.25) is 0 Å². The highest BCUT2D eigenvalue weighted by molar-refractivity contribution is 5.30. The summed E-state index contributed by atoms with van der Waals surface area (Å²) in [7, 11) is 0. The second-order valence-corrected chi connectivity index (χ2v) is 6.49. The first-order valence-electron chi connectivity index (χ1n) is 8.62. The molecule has 0 aliphatic carbocycles. The molecule has 1 aliphatic heterocycles. The Kier molecular flexibility index (Phi) is 6.72. The Hall–Kier alpha value is -0.860. The zero-order chi connectivity index (χ0) is 15.1. The van der Waals surface area contributed by atoms with Crippen LogP contribution in [0.25, 0.3) is 0 Å². The summed E-state index contributed by atoms with van der Waals surface area (Å²) in [6.07, 6.45) is 7.90. The van der Waals surface area contributed by atoms with Gasteiger partial charge in [0, 0.05) is 12.6 Å². The Labute approximate surface area is 130 Å². The summed E-state index contributed by atoms with van der Waals surface area (Å²) < 4.78 is 5.74. The molecule has 1 aromatic carbocycles. The van der Waals surface area contributed by atoms with E-state index < -0.39 is 0 Å². The monoisotopic (exact) mass is 289 g/mol. The molecule has 0 saturated carbocycles. The van der Waals surface area contributed by atoms with Gasteiger partial charge in [0.1, 0.15) is 0 Å². The molecule has 1 aromatic rings. The van der Waals surface area contributed by atoms with Gasteiger partial charge in [0.15, 0.2) is 0 Å². The Balaban J connectivity index is 1.92. The van der Waals surface area contributed by atoms with Gasteiger partial charge in [-0.1, -0.05) is 36.2 Å². The maximum atomic E-state index is 5.74. The van der Waals surface area contributed by atoms with E-state index in [-0.39, 0.29) is 0 Å². The molecule has 21 heavy (non-hydrogen) atoms. The highest BCUT2D eigenvalue weighted by Crippen LogP contribution is 2.24. The average Bonchev–Trinajstić information content (AvgIpc) is 2.94. The van der Waals surface area contributed by atoms with Crippen LogP contribution < -0.4 is 5.32 Å². The van der Waals surface area contributed by atoms with E-state index in [9.17, 15) is 0 Å². The van der Waals surface area contributed by atoms with E-state index in [0.717, 1.165) is 13.2 Å². The molecule has 1 saturated heterocycles. The summed E-state index contributed by atoms with van der Waals surface area (Å²) in [6, 6.07) is 7.43. The summed E-state index contributed by atoms with van der Waals surface area (Å²) >= 11 is 0. The Morgan fingerprint density at radius 1 is 1.24 bits per heavy atom. The summed E-state index contributed by atoms with van der Waals surface area (Å²) in [5, 5.41) is 3.72. The second kappa shape index (κ2) is 8.55. The highest BCUT2D eigenvalue weighted by atomic mass is 16.5. The summed E-state index contributed by atoms with van der Waals surface area (Å²) in [5.74, 6) is 0. The third-order valence-electron chi connectivity index (χ3n) is 4.33. The first kappa shape index (κ1) is 16.5. The number of ether oxygens (including phenoxy) is 1. The lowest BCUT2D eigenvalue weighted by Crippen LogP contribution is -2.22. The van der Waals surface area contributed by atoms with Crippen LogP contribution >= 0.6 is 0 Å². The van der Waals surface area contributed by atoms with Gasteiger partial charge < -0.3 is 10.1 Å². The fourth-order valence-electron chi connectivity index (χ4n) is 3.34. The topological polar surface area (TPSA) is 21.3 Å². The van der Waals surface area contributed by atoms with E-state index >= 15 is 0 Å². The van der Waals surface area contributed by atoms with Gasteiger partial charge in [0.25, 0.3) is 0 Å². The first-order valence-corrected chi connectivity index (χ1v) is 8.62. The standard InChI is InChI=1S/C19H31NO/c1-4-10-20-19(9-5-7-18-8-6-11-21-18)17-13-15(2)12-16(3)14-17/h12-14,18-20H,4-11H2,1-3H3. The summed E-state index contributed by atoms with van der Waals surface area (Å²) in [5.41, 5.74) is 4.19. The average molecular weight is 289 g/mol. The minimum atomic E-state index is 0.491. The van der Waals surface area contributed by atoms with Crippen LogP contribution in [0, 0.1) is 13.8 Å². The number of rotatable bonds is 8. The lowest BCUT2D eigenvalue weighted by atomic mass is 9.96. The SMILES string of the molecule is CCCNC(CCCC1CCCO1)c1cc(C)cc(C)c1. The van der Waals surface area contributed by atoms with Crippen molar-refractivity contribution >= 4 is 0 Å². The van der Waals surface area contributed by atoms with Crippen LogP contribution in [-0.4, -0.2) is 19.3 Å². The first-order chi connectivity index (χ1) is 10.2. The summed E-state index contributed by atoms with van der Waals surface area (Å²) in [6.45, 7) is 8.69. The largest absolute Gasteiger partial charge is 0.378 e. The quantitative estimate of drug-likeness (QED) is 0.749. The molecule has 0 bridgehead atoms. The Morgan fingerprint density at radius 2 is 2.00 bits per heavy atom. The molecule has 2 heteroatoms. The minimum absolute atomic E-state index is 0.491. The Morgan fingerprint density at radius 3 is 2.62 bits per heavy atom. The lowest BCUT2D eigenvalue weighted by Gasteiger charge is -2.21. The van der Waals surface area contributed by atoms with Crippen LogP contribution in [0.5, 0.6) is 0 Å². The molecule has 0 radical (unpaired) electrons. The molecule has 118 valence electrons. The lowest BCUT2D eigenvalue weighted by molar-refractivity contribution is 0.101. The van der Waals surface area contributed by atoms with Crippen molar-refractivity contribution in [3.05, 3.63) is 34.9 Å². The normalized spacial score (nSPS) is 19.9. The van der Waals surface area contributed by atoms with Crippen LogP contribution in [0.15, 0.2) is 18.2 Å². The van der Waals surface area contributed by atoms with Crippen molar-refractivity contribution < 1.29 is 4.74 Å². The van der Waals surface area contributed by atoms with E-state index in [1.54, 1.807) is 0 Å². The van der Waals surface area contributed by atoms with Crippen molar-refractivity contribution in [2.45, 2.75) is 71.4 Å². The van der Waals surface area contributed by atoms with Gasteiger partial charge in [0.2, 0.25) is 0 Å². The van der Waals surface area contributed by atoms with Crippen LogP contribution in [0.1, 0.15) is 68.2 Å². The fourth-order valence-corrected chi connectivity index (χ4v) is 3.34. The molecule has 1 aliphatic rings. The molecule has 2 nitrogen and oxygen atoms in total. The van der Waals surface area contributed by atoms with Gasteiger partial charge in [0.05, 0.1) is 6.10 Å². The van der Waals surface area contributed by atoms with Gasteiger partial charge in [-0.2, -0.15) is 0 Å². The third-order valence-corrected chi connectivity index (χ3v) is 4.33. The van der Waals surface area contributed by atoms with Crippen molar-refractivity contribution in [3.63, 3.8) is 0 Å². The van der Waals surface area contributed by atoms with E-state index in [4.69, 9.17) is 4.74 Å². The maximum absolute atomic E-state index is 5.74. The van der Waals surface area contributed by atoms with Gasteiger partial charge in [-0.05, 0) is 64.5 Å². The number of nitrogens with one attached hydrogen (secondary N) is 1. The molecule has 1 heterocycles. The molecular weight excluding hydrogens is 258 g/mol. The van der Waals surface area contributed by atoms with Crippen molar-refractivity contribution in [2.75, 3.05) is 13.2 Å². The van der Waals surface area contributed by atoms with Crippen LogP contribution in [0.4, 0.5) is 0 Å². The van der Waals surface area contributed by atoms with Crippen LogP contribution in [-0.2, 0) is 4.74 Å². The third kappa shape index (κ3) is 5.44. The molecular formula is C19H31NO. The van der Waals surface area contributed by atoms with Gasteiger partial charge in [-0.25, -0.2) is 0 Å². The zero-order valence-electron chi connectivity index (χ0n) is 14.0. The smallest absolute Gasteiger partial charge is 0.0576 e. The molecule has 2 atom stereocenters. The minimum Gasteiger partial charge on any atom is -0.378 e. The molecule has 2 unspecified atom stereocenters. The van der Waals surface area contributed by atoms with E-state index in [1.165, 1.54) is 55.2 Å². The fraction of sp³-hybridized carbons (Fsp3) is 0.684. The molecule has 0 amide bonds. The van der Waals surface area contributed by atoms with E-state index in [0.29, 0.717) is 12.1 Å². The van der Waals surface area contributed by atoms with Gasteiger partial charge >= 0.3 is 0 Å². The number of aryl methyl sites for hydroxylation is 2. The number of benzene rings is 1. The van der Waals surface area contributed by atoms with Gasteiger partial charge in [-0.15, -0.1) is 0 Å². The molecule has 0 spiro atoms. The van der Waals surface area contributed by atoms with Crippen molar-refractivity contribution in [1.82, 2.24) is 5.32 Å². The second-order valence-electron chi connectivity index (χ2n) is 6.49. The Bertz CT molecular complexity index is 403. The van der Waals surface area contributed by atoms with Gasteiger partial charge in [-0.3, -0.25) is 0 Å². The maximum Gasteiger partial charge on any atom is 0.0576 e. The zero-order valence-corrected chi connectivity index (χ0v) is 14.0. The number of hydrogen-bond acceptors (Lipinski definition) is 2. The number of hydrogen-bond donors (Lipinski definition) is 1. The van der Waals surface area contributed by atoms with E-state index in [2.05, 4.69) is 44.3 Å². The molecule has 2 rings (SSSR count). The highest BCUT2D eigenvalue weighted by Gasteiger charge is 2.17. The predicted molar refractivity (Wildman–Crippen MR) is 89.8 cm³/mol. The summed E-state index contributed by atoms with van der Waals surface area (Å²) in [4.78, 5) is 0. The van der Waals surface area contributed by atoms with Crippen molar-refractivity contribution in [1.29, 1.82) is 0 Å². The molecule has 1 fully saturated rings. The van der Waals surface area contributed by atoms with Crippen molar-refractivity contribution in [3.8, 4) is 0 Å². The predicted octanol–water partition coefficient (Wildman–Crippen LogP) is 4.69. The van der Waals surface area contributed by atoms with E-state index in [1.807, 2.05) is 0 Å².